The maximum atomic E-state index is 13.2. The minimum absolute atomic E-state index is 0.172. The summed E-state index contributed by atoms with van der Waals surface area (Å²) in [4.78, 5) is 25.2. The average Bonchev–Trinajstić information content (AvgIpc) is 3.26. The Bertz CT molecular complexity index is 1040. The average molecular weight is 380 g/mol. The lowest BCUT2D eigenvalue weighted by Gasteiger charge is -2.11. The molecule has 2 heterocycles. The Morgan fingerprint density at radius 2 is 1.86 bits per heavy atom. The number of aromatic nitrogens is 3. The predicted octanol–water partition coefficient (Wildman–Crippen LogP) is 2.42. The molecule has 1 aliphatic carbocycles. The van der Waals surface area contributed by atoms with E-state index in [2.05, 4.69) is 10.2 Å². The summed E-state index contributed by atoms with van der Waals surface area (Å²) in [6.07, 6.45) is 3.79. The molecule has 0 radical (unpaired) electrons. The maximum absolute atomic E-state index is 13.2. The van der Waals surface area contributed by atoms with Crippen LogP contribution in [0.15, 0.2) is 36.5 Å². The maximum Gasteiger partial charge on any atom is 0.265 e. The third kappa shape index (κ3) is 3.02. The summed E-state index contributed by atoms with van der Waals surface area (Å²) in [6.45, 7) is 0. The van der Waals surface area contributed by atoms with Crippen LogP contribution >= 0.6 is 0 Å². The highest BCUT2D eigenvalue weighted by Crippen LogP contribution is 2.39. The van der Waals surface area contributed by atoms with E-state index in [-0.39, 0.29) is 22.6 Å². The Labute approximate surface area is 161 Å². The van der Waals surface area contributed by atoms with Crippen LogP contribution in [0.5, 0.6) is 11.5 Å². The molecule has 1 saturated carbocycles. The molecule has 1 amide bonds. The van der Waals surface area contributed by atoms with Crippen LogP contribution in [0.4, 0.5) is 0 Å². The molecule has 28 heavy (non-hydrogen) atoms. The Kier molecular flexibility index (Phi) is 4.38. The SMILES string of the molecule is COc1cccc(OC)c1C(=O)c1cc(C(N)=O)n(-c2cc(C3CC3)[nH]n2)c1. The molecule has 8 nitrogen and oxygen atoms in total. The third-order valence-corrected chi connectivity index (χ3v) is 4.84. The molecule has 0 bridgehead atoms. The van der Waals surface area contributed by atoms with Gasteiger partial charge in [0.2, 0.25) is 5.78 Å². The molecule has 8 heteroatoms. The van der Waals surface area contributed by atoms with E-state index in [0.29, 0.717) is 23.2 Å². The number of hydrogen-bond acceptors (Lipinski definition) is 5. The van der Waals surface area contributed by atoms with E-state index in [1.165, 1.54) is 24.9 Å². The zero-order chi connectivity index (χ0) is 19.8. The summed E-state index contributed by atoms with van der Waals surface area (Å²) >= 11 is 0. The molecule has 144 valence electrons. The van der Waals surface area contributed by atoms with E-state index < -0.39 is 5.91 Å². The molecule has 2 aromatic heterocycles. The van der Waals surface area contributed by atoms with Gasteiger partial charge in [-0.3, -0.25) is 19.3 Å². The van der Waals surface area contributed by atoms with Crippen LogP contribution in [0.1, 0.15) is 50.9 Å². The van der Waals surface area contributed by atoms with Crippen molar-refractivity contribution < 1.29 is 19.1 Å². The van der Waals surface area contributed by atoms with E-state index >= 15 is 0 Å². The van der Waals surface area contributed by atoms with E-state index in [9.17, 15) is 9.59 Å². The third-order valence-electron chi connectivity index (χ3n) is 4.84. The number of amides is 1. The number of methoxy groups -OCH3 is 2. The van der Waals surface area contributed by atoms with Gasteiger partial charge in [-0.25, -0.2) is 0 Å². The van der Waals surface area contributed by atoms with Crippen molar-refractivity contribution in [3.63, 3.8) is 0 Å². The van der Waals surface area contributed by atoms with Crippen LogP contribution in [0, 0.1) is 0 Å². The second-order valence-corrected chi connectivity index (χ2v) is 6.67. The number of ketones is 1. The van der Waals surface area contributed by atoms with Crippen LogP contribution in [-0.2, 0) is 0 Å². The van der Waals surface area contributed by atoms with E-state index in [0.717, 1.165) is 18.5 Å². The number of H-pyrrole nitrogens is 1. The summed E-state index contributed by atoms with van der Waals surface area (Å²) in [5, 5.41) is 7.26. The first-order valence-electron chi connectivity index (χ1n) is 8.87. The second-order valence-electron chi connectivity index (χ2n) is 6.67. The molecule has 1 aromatic carbocycles. The molecular weight excluding hydrogens is 360 g/mol. The number of ether oxygens (including phenoxy) is 2. The number of carbonyl (C=O) groups excluding carboxylic acids is 2. The highest BCUT2D eigenvalue weighted by molar-refractivity contribution is 6.13. The van der Waals surface area contributed by atoms with Crippen LogP contribution < -0.4 is 15.2 Å². The number of carbonyl (C=O) groups is 2. The lowest BCUT2D eigenvalue weighted by molar-refractivity contribution is 0.0993. The van der Waals surface area contributed by atoms with Gasteiger partial charge in [-0.2, -0.15) is 5.10 Å². The largest absolute Gasteiger partial charge is 0.496 e. The number of nitrogens with two attached hydrogens (primary N) is 1. The number of aromatic amines is 1. The van der Waals surface area contributed by atoms with Gasteiger partial charge in [-0.1, -0.05) is 6.07 Å². The molecular formula is C20H20N4O4. The zero-order valence-electron chi connectivity index (χ0n) is 15.6. The van der Waals surface area contributed by atoms with Gasteiger partial charge in [-0.05, 0) is 31.0 Å². The molecule has 1 fully saturated rings. The molecule has 3 aromatic rings. The zero-order valence-corrected chi connectivity index (χ0v) is 15.6. The van der Waals surface area contributed by atoms with Crippen molar-refractivity contribution in [1.82, 2.24) is 14.8 Å². The number of primary amides is 1. The molecule has 0 aliphatic heterocycles. The van der Waals surface area contributed by atoms with Crippen molar-refractivity contribution >= 4 is 11.7 Å². The molecule has 3 N–H and O–H groups in total. The molecule has 1 aliphatic rings. The van der Waals surface area contributed by atoms with Gasteiger partial charge in [0.15, 0.2) is 5.82 Å². The minimum Gasteiger partial charge on any atom is -0.496 e. The first-order chi connectivity index (χ1) is 13.5. The monoisotopic (exact) mass is 380 g/mol. The number of benzene rings is 1. The second kappa shape index (κ2) is 6.88. The van der Waals surface area contributed by atoms with Crippen molar-refractivity contribution in [3.05, 3.63) is 59.0 Å². The lowest BCUT2D eigenvalue weighted by atomic mass is 10.0. The van der Waals surface area contributed by atoms with Crippen LogP contribution in [0.25, 0.3) is 5.82 Å². The summed E-state index contributed by atoms with van der Waals surface area (Å²) in [6, 6.07) is 8.43. The van der Waals surface area contributed by atoms with Crippen molar-refractivity contribution in [2.24, 2.45) is 5.73 Å². The summed E-state index contributed by atoms with van der Waals surface area (Å²) in [7, 11) is 2.96. The van der Waals surface area contributed by atoms with Gasteiger partial charge >= 0.3 is 0 Å². The molecule has 0 unspecified atom stereocenters. The standard InChI is InChI=1S/C20H20N4O4/c1-27-15-4-3-5-16(28-2)18(15)19(25)12-8-14(20(21)26)24(10-12)17-9-13(22-23-17)11-6-7-11/h3-5,8-11H,6-7H2,1-2H3,(H2,21,26)(H,22,23). The Balaban J connectivity index is 1.79. The van der Waals surface area contributed by atoms with E-state index in [1.807, 2.05) is 6.07 Å². The smallest absolute Gasteiger partial charge is 0.265 e. The highest BCUT2D eigenvalue weighted by atomic mass is 16.5. The van der Waals surface area contributed by atoms with Crippen LogP contribution in [0.3, 0.4) is 0 Å². The van der Waals surface area contributed by atoms with Crippen LogP contribution in [-0.4, -0.2) is 40.7 Å². The van der Waals surface area contributed by atoms with Gasteiger partial charge in [-0.15, -0.1) is 0 Å². The van der Waals surface area contributed by atoms with Crippen molar-refractivity contribution in [1.29, 1.82) is 0 Å². The van der Waals surface area contributed by atoms with Gasteiger partial charge in [0.25, 0.3) is 5.91 Å². The number of nitrogens with one attached hydrogen (secondary N) is 1. The number of nitrogens with zero attached hydrogens (tertiary/aromatic N) is 2. The first-order valence-corrected chi connectivity index (χ1v) is 8.87. The van der Waals surface area contributed by atoms with E-state index in [4.69, 9.17) is 15.2 Å². The Morgan fingerprint density at radius 1 is 1.18 bits per heavy atom. The van der Waals surface area contributed by atoms with Crippen molar-refractivity contribution in [3.8, 4) is 17.3 Å². The molecule has 0 saturated heterocycles. The topological polar surface area (TPSA) is 112 Å². The van der Waals surface area contributed by atoms with E-state index in [1.54, 1.807) is 24.4 Å². The first kappa shape index (κ1) is 17.8. The van der Waals surface area contributed by atoms with Gasteiger partial charge in [0.1, 0.15) is 22.8 Å². The predicted molar refractivity (Wildman–Crippen MR) is 101 cm³/mol. The lowest BCUT2D eigenvalue weighted by Crippen LogP contribution is -2.15. The Hall–Kier alpha value is -3.55. The molecule has 0 atom stereocenters. The molecule has 0 spiro atoms. The van der Waals surface area contributed by atoms with Gasteiger partial charge in [0.05, 0.1) is 14.2 Å². The Morgan fingerprint density at radius 3 is 2.43 bits per heavy atom. The number of hydrogen-bond donors (Lipinski definition) is 2. The fourth-order valence-corrected chi connectivity index (χ4v) is 3.24. The van der Waals surface area contributed by atoms with Gasteiger partial charge in [0, 0.05) is 29.4 Å². The summed E-state index contributed by atoms with van der Waals surface area (Å²) in [5.41, 5.74) is 7.29. The molecule has 4 rings (SSSR count). The summed E-state index contributed by atoms with van der Waals surface area (Å²) in [5.74, 6) is 0.770. The minimum atomic E-state index is -0.651. The quantitative estimate of drug-likeness (QED) is 0.611. The fourth-order valence-electron chi connectivity index (χ4n) is 3.24. The fraction of sp³-hybridized carbons (Fsp3) is 0.250. The summed E-state index contributed by atoms with van der Waals surface area (Å²) < 4.78 is 12.2. The van der Waals surface area contributed by atoms with Crippen molar-refractivity contribution in [2.75, 3.05) is 14.2 Å². The normalized spacial score (nSPS) is 13.4. The number of rotatable bonds is 7. The highest BCUT2D eigenvalue weighted by Gasteiger charge is 2.27. The van der Waals surface area contributed by atoms with Crippen molar-refractivity contribution in [2.45, 2.75) is 18.8 Å². The van der Waals surface area contributed by atoms with Gasteiger partial charge < -0.3 is 15.2 Å². The van der Waals surface area contributed by atoms with Crippen LogP contribution in [0.2, 0.25) is 0 Å².